The molecular formula is C27H26N4OS. The largest absolute Gasteiger partial charge is 0.357 e. The number of anilines is 3. The molecule has 1 atom stereocenters. The van der Waals surface area contributed by atoms with Gasteiger partial charge in [0.25, 0.3) is 0 Å². The van der Waals surface area contributed by atoms with E-state index in [0.29, 0.717) is 11.5 Å². The average molecular weight is 455 g/mol. The molecule has 5 rings (SSSR count). The van der Waals surface area contributed by atoms with Gasteiger partial charge in [0.05, 0.1) is 17.4 Å². The Morgan fingerprint density at radius 2 is 1.82 bits per heavy atom. The van der Waals surface area contributed by atoms with Gasteiger partial charge in [0.1, 0.15) is 0 Å². The van der Waals surface area contributed by atoms with E-state index in [2.05, 4.69) is 34.4 Å². The summed E-state index contributed by atoms with van der Waals surface area (Å²) in [6, 6.07) is 21.5. The number of nitrogens with one attached hydrogen (secondary N) is 2. The summed E-state index contributed by atoms with van der Waals surface area (Å²) in [5.41, 5.74) is 5.27. The van der Waals surface area contributed by atoms with Crippen molar-refractivity contribution in [1.29, 1.82) is 0 Å². The number of para-hydroxylation sites is 3. The molecule has 2 N–H and O–H groups in total. The average Bonchev–Trinajstić information content (AvgIpc) is 2.94. The van der Waals surface area contributed by atoms with Gasteiger partial charge >= 0.3 is 0 Å². The number of carbonyl (C=O) groups is 1. The molecule has 0 spiro atoms. The van der Waals surface area contributed by atoms with Crippen molar-refractivity contribution < 1.29 is 4.79 Å². The maximum Gasteiger partial charge on any atom is 0.178 e. The summed E-state index contributed by atoms with van der Waals surface area (Å²) in [5, 5.41) is 7.51. The Morgan fingerprint density at radius 1 is 1.06 bits per heavy atom. The Bertz CT molecular complexity index is 1240. The number of carbonyl (C=O) groups excluding carboxylic acids is 1. The van der Waals surface area contributed by atoms with E-state index < -0.39 is 6.04 Å². The number of allylic oxidation sites excluding steroid dienone is 1. The van der Waals surface area contributed by atoms with E-state index in [4.69, 9.17) is 12.2 Å². The van der Waals surface area contributed by atoms with E-state index in [1.54, 1.807) is 6.20 Å². The highest BCUT2D eigenvalue weighted by atomic mass is 32.1. The number of ketones is 1. The van der Waals surface area contributed by atoms with Crippen LogP contribution in [0.1, 0.15) is 38.3 Å². The van der Waals surface area contributed by atoms with Crippen LogP contribution in [0.3, 0.4) is 0 Å². The van der Waals surface area contributed by atoms with Gasteiger partial charge in [-0.05, 0) is 59.9 Å². The molecule has 0 saturated carbocycles. The van der Waals surface area contributed by atoms with Gasteiger partial charge in [-0.3, -0.25) is 9.78 Å². The minimum Gasteiger partial charge on any atom is -0.357 e. The first-order valence-corrected chi connectivity index (χ1v) is 11.5. The molecule has 6 heteroatoms. The summed E-state index contributed by atoms with van der Waals surface area (Å²) in [6.07, 6.45) is 4.85. The third-order valence-corrected chi connectivity index (χ3v) is 6.44. The zero-order valence-electron chi connectivity index (χ0n) is 18.7. The SMILES string of the molecule is CC1(C)CC(=O)C2=C(C1)Nc1ccccc1N(C(=S)Nc1ccccc1)[C@@H]2c1cccnc1. The molecule has 3 aromatic rings. The lowest BCUT2D eigenvalue weighted by molar-refractivity contribution is -0.118. The Balaban J connectivity index is 1.71. The molecule has 2 heterocycles. The molecule has 2 aliphatic rings. The summed E-state index contributed by atoms with van der Waals surface area (Å²) in [4.78, 5) is 20.1. The number of hydrogen-bond donors (Lipinski definition) is 2. The number of rotatable bonds is 2. The summed E-state index contributed by atoms with van der Waals surface area (Å²) in [5.74, 6) is 0.142. The van der Waals surface area contributed by atoms with Crippen molar-refractivity contribution in [1.82, 2.24) is 4.98 Å². The van der Waals surface area contributed by atoms with E-state index in [1.807, 2.05) is 72.9 Å². The molecule has 0 radical (unpaired) electrons. The normalized spacial score (nSPS) is 19.2. The van der Waals surface area contributed by atoms with Gasteiger partial charge < -0.3 is 15.5 Å². The molecule has 0 unspecified atom stereocenters. The molecule has 5 nitrogen and oxygen atoms in total. The van der Waals surface area contributed by atoms with Gasteiger partial charge in [-0.25, -0.2) is 0 Å². The van der Waals surface area contributed by atoms with Crippen LogP contribution in [0, 0.1) is 5.41 Å². The lowest BCUT2D eigenvalue weighted by Crippen LogP contribution is -2.41. The van der Waals surface area contributed by atoms with Crippen LogP contribution >= 0.6 is 12.2 Å². The smallest absolute Gasteiger partial charge is 0.178 e. The number of Topliss-reactive ketones (excluding diaryl/α,β-unsaturated/α-hetero) is 1. The molecule has 1 aliphatic carbocycles. The Morgan fingerprint density at radius 3 is 2.58 bits per heavy atom. The molecule has 1 aliphatic heterocycles. The fourth-order valence-corrected chi connectivity index (χ4v) is 5.09. The number of benzene rings is 2. The van der Waals surface area contributed by atoms with Crippen LogP contribution in [0.25, 0.3) is 0 Å². The molecule has 166 valence electrons. The van der Waals surface area contributed by atoms with Crippen molar-refractivity contribution in [3.8, 4) is 0 Å². The highest BCUT2D eigenvalue weighted by Gasteiger charge is 2.42. The molecule has 0 bridgehead atoms. The third kappa shape index (κ3) is 4.14. The molecule has 0 fully saturated rings. The Kier molecular flexibility index (Phi) is 5.46. The van der Waals surface area contributed by atoms with Gasteiger partial charge in [-0.15, -0.1) is 0 Å². The number of hydrogen-bond acceptors (Lipinski definition) is 4. The van der Waals surface area contributed by atoms with Crippen LogP contribution in [0.2, 0.25) is 0 Å². The first-order chi connectivity index (χ1) is 15.9. The predicted octanol–water partition coefficient (Wildman–Crippen LogP) is 6.10. The number of aromatic nitrogens is 1. The number of nitrogens with zero attached hydrogens (tertiary/aromatic N) is 2. The number of thiocarbonyl (C=S) groups is 1. The molecule has 0 amide bonds. The van der Waals surface area contributed by atoms with Crippen LogP contribution in [-0.4, -0.2) is 15.9 Å². The van der Waals surface area contributed by atoms with Crippen molar-refractivity contribution in [2.24, 2.45) is 5.41 Å². The van der Waals surface area contributed by atoms with Crippen molar-refractivity contribution in [3.05, 3.63) is 96.0 Å². The standard InChI is InChI=1S/C27H26N4OS/c1-27(2)15-21-24(23(32)16-27)25(18-9-8-14-28-17-18)31(22-13-7-6-12-20(22)30-21)26(33)29-19-10-4-3-5-11-19/h3-14,17,25,30H,15-16H2,1-2H3,(H,29,33)/t25-/m1/s1. The molecule has 33 heavy (non-hydrogen) atoms. The van der Waals surface area contributed by atoms with Gasteiger partial charge in [0.2, 0.25) is 0 Å². The van der Waals surface area contributed by atoms with E-state index in [-0.39, 0.29) is 11.2 Å². The number of fused-ring (bicyclic) bond motifs is 1. The zero-order chi connectivity index (χ0) is 23.0. The van der Waals surface area contributed by atoms with Crippen molar-refractivity contribution in [3.63, 3.8) is 0 Å². The molecule has 1 aromatic heterocycles. The van der Waals surface area contributed by atoms with Crippen LogP contribution in [0.4, 0.5) is 17.1 Å². The van der Waals surface area contributed by atoms with E-state index in [9.17, 15) is 4.79 Å². The summed E-state index contributed by atoms with van der Waals surface area (Å²) in [7, 11) is 0. The quantitative estimate of drug-likeness (QED) is 0.457. The topological polar surface area (TPSA) is 57.3 Å². The maximum atomic E-state index is 13.6. The minimum atomic E-state index is -0.392. The van der Waals surface area contributed by atoms with Crippen LogP contribution in [-0.2, 0) is 4.79 Å². The van der Waals surface area contributed by atoms with Crippen LogP contribution in [0.15, 0.2) is 90.4 Å². The second kappa shape index (κ2) is 8.45. The third-order valence-electron chi connectivity index (χ3n) is 6.14. The van der Waals surface area contributed by atoms with Gasteiger partial charge in [0, 0.05) is 35.8 Å². The van der Waals surface area contributed by atoms with Crippen molar-refractivity contribution in [2.75, 3.05) is 15.5 Å². The molecule has 0 saturated heterocycles. The first kappa shape index (κ1) is 21.3. The molecule has 2 aromatic carbocycles. The highest BCUT2D eigenvalue weighted by molar-refractivity contribution is 7.80. The number of pyridine rings is 1. The van der Waals surface area contributed by atoms with Gasteiger partial charge in [-0.1, -0.05) is 50.2 Å². The van der Waals surface area contributed by atoms with Gasteiger partial charge in [0.15, 0.2) is 10.9 Å². The summed E-state index contributed by atoms with van der Waals surface area (Å²) < 4.78 is 0. The zero-order valence-corrected chi connectivity index (χ0v) is 19.5. The second-order valence-electron chi connectivity index (χ2n) is 9.33. The fraction of sp³-hybridized carbons (Fsp3) is 0.222. The van der Waals surface area contributed by atoms with Crippen molar-refractivity contribution in [2.45, 2.75) is 32.7 Å². The Labute approximate surface area is 199 Å². The van der Waals surface area contributed by atoms with E-state index >= 15 is 0 Å². The minimum absolute atomic E-state index is 0.116. The second-order valence-corrected chi connectivity index (χ2v) is 9.72. The summed E-state index contributed by atoms with van der Waals surface area (Å²) in [6.45, 7) is 4.29. The highest BCUT2D eigenvalue weighted by Crippen LogP contribution is 2.48. The lowest BCUT2D eigenvalue weighted by atomic mass is 9.73. The Hall–Kier alpha value is -3.51. The fourth-order valence-electron chi connectivity index (χ4n) is 4.77. The predicted molar refractivity (Wildman–Crippen MR) is 137 cm³/mol. The maximum absolute atomic E-state index is 13.6. The van der Waals surface area contributed by atoms with Gasteiger partial charge in [-0.2, -0.15) is 0 Å². The van der Waals surface area contributed by atoms with Crippen molar-refractivity contribution >= 4 is 40.2 Å². The van der Waals surface area contributed by atoms with E-state index in [0.717, 1.165) is 40.3 Å². The lowest BCUT2D eigenvalue weighted by Gasteiger charge is -2.38. The summed E-state index contributed by atoms with van der Waals surface area (Å²) >= 11 is 5.98. The monoisotopic (exact) mass is 454 g/mol. The van der Waals surface area contributed by atoms with Crippen LogP contribution < -0.4 is 15.5 Å². The van der Waals surface area contributed by atoms with Crippen LogP contribution in [0.5, 0.6) is 0 Å². The molecular weight excluding hydrogens is 428 g/mol. The first-order valence-electron chi connectivity index (χ1n) is 11.1. The van der Waals surface area contributed by atoms with E-state index in [1.165, 1.54) is 0 Å².